The zero-order valence-corrected chi connectivity index (χ0v) is 14.2. The monoisotopic (exact) mass is 340 g/mol. The van der Waals surface area contributed by atoms with Crippen molar-refractivity contribution in [2.75, 3.05) is 13.7 Å². The smallest absolute Gasteiger partial charge is 0.407 e. The number of alkyl carbamates (subject to hydrolysis) is 1. The Labute approximate surface area is 138 Å². The number of nitrogens with one attached hydrogen (secondary N) is 1. The second-order valence-corrected chi connectivity index (χ2v) is 6.12. The number of ether oxygens (including phenoxy) is 2. The van der Waals surface area contributed by atoms with Gasteiger partial charge in [-0.2, -0.15) is 0 Å². The molecule has 0 aliphatic carbocycles. The fourth-order valence-electron chi connectivity index (χ4n) is 1.96. The van der Waals surface area contributed by atoms with Gasteiger partial charge < -0.3 is 14.8 Å². The summed E-state index contributed by atoms with van der Waals surface area (Å²) < 4.78 is 10.0. The van der Waals surface area contributed by atoms with Gasteiger partial charge >= 0.3 is 6.09 Å². The minimum absolute atomic E-state index is 0.342. The maximum atomic E-state index is 11.4. The number of hydrogen-bond acceptors (Lipinski definition) is 5. The standard InChI is InChI=1S/C15H17ClN2O3S/c1-4-21-15(19)17-8-13-14(18-9(2)22-13)10-5-6-12(20-3)11(16)7-10/h5-7H,4,8H2,1-3H3,(H,17,19). The fourth-order valence-corrected chi connectivity index (χ4v) is 3.12. The fraction of sp³-hybridized carbons (Fsp3) is 0.333. The Hall–Kier alpha value is -1.79. The number of halogens is 1. The van der Waals surface area contributed by atoms with E-state index in [0.717, 1.165) is 21.1 Å². The van der Waals surface area contributed by atoms with Crippen molar-refractivity contribution in [1.82, 2.24) is 10.3 Å². The van der Waals surface area contributed by atoms with E-state index in [0.29, 0.717) is 23.9 Å². The summed E-state index contributed by atoms with van der Waals surface area (Å²) in [6.45, 7) is 4.40. The third kappa shape index (κ3) is 3.90. The molecule has 0 saturated heterocycles. The van der Waals surface area contributed by atoms with Crippen LogP contribution in [0, 0.1) is 6.92 Å². The largest absolute Gasteiger partial charge is 0.495 e. The maximum Gasteiger partial charge on any atom is 0.407 e. The van der Waals surface area contributed by atoms with Crippen LogP contribution in [-0.2, 0) is 11.3 Å². The number of thiazole rings is 1. The number of aryl methyl sites for hydroxylation is 1. The van der Waals surface area contributed by atoms with Gasteiger partial charge in [0.05, 0.1) is 40.9 Å². The molecule has 0 bridgehead atoms. The van der Waals surface area contributed by atoms with Crippen LogP contribution in [-0.4, -0.2) is 24.8 Å². The van der Waals surface area contributed by atoms with Gasteiger partial charge in [0.2, 0.25) is 0 Å². The molecule has 22 heavy (non-hydrogen) atoms. The quantitative estimate of drug-likeness (QED) is 0.892. The summed E-state index contributed by atoms with van der Waals surface area (Å²) in [6, 6.07) is 5.50. The Bertz CT molecular complexity index is 673. The predicted molar refractivity (Wildman–Crippen MR) is 87.7 cm³/mol. The highest BCUT2D eigenvalue weighted by atomic mass is 35.5. The molecular weight excluding hydrogens is 324 g/mol. The summed E-state index contributed by atoms with van der Waals surface area (Å²) in [5.41, 5.74) is 1.69. The minimum Gasteiger partial charge on any atom is -0.495 e. The second kappa shape index (κ2) is 7.47. The van der Waals surface area contributed by atoms with Gasteiger partial charge in [-0.25, -0.2) is 9.78 Å². The molecule has 1 N–H and O–H groups in total. The molecule has 0 spiro atoms. The topological polar surface area (TPSA) is 60.5 Å². The first-order valence-electron chi connectivity index (χ1n) is 6.76. The molecule has 5 nitrogen and oxygen atoms in total. The number of benzene rings is 1. The molecule has 0 aliphatic heterocycles. The van der Waals surface area contributed by atoms with Gasteiger partial charge in [0.15, 0.2) is 0 Å². The summed E-state index contributed by atoms with van der Waals surface area (Å²) in [6.07, 6.45) is -0.438. The van der Waals surface area contributed by atoms with Gasteiger partial charge in [0.1, 0.15) is 5.75 Å². The molecule has 2 rings (SSSR count). The Kier molecular flexibility index (Phi) is 5.63. The van der Waals surface area contributed by atoms with E-state index < -0.39 is 6.09 Å². The van der Waals surface area contributed by atoms with Crippen LogP contribution in [0.5, 0.6) is 5.75 Å². The normalized spacial score (nSPS) is 10.4. The molecule has 118 valence electrons. The number of nitrogens with zero attached hydrogens (tertiary/aromatic N) is 1. The molecule has 1 aromatic carbocycles. The van der Waals surface area contributed by atoms with E-state index in [1.54, 1.807) is 20.1 Å². The van der Waals surface area contributed by atoms with Crippen LogP contribution in [0.1, 0.15) is 16.8 Å². The number of carbonyl (C=O) groups excluding carboxylic acids is 1. The summed E-state index contributed by atoms with van der Waals surface area (Å²) in [5, 5.41) is 4.15. The summed E-state index contributed by atoms with van der Waals surface area (Å²) in [4.78, 5) is 16.9. The number of hydrogen-bond donors (Lipinski definition) is 1. The Morgan fingerprint density at radius 3 is 2.86 bits per heavy atom. The van der Waals surface area contributed by atoms with Crippen LogP contribution in [0.2, 0.25) is 5.02 Å². The van der Waals surface area contributed by atoms with E-state index in [-0.39, 0.29) is 0 Å². The van der Waals surface area contributed by atoms with E-state index in [1.165, 1.54) is 11.3 Å². The number of aromatic nitrogens is 1. The lowest BCUT2D eigenvalue weighted by molar-refractivity contribution is 0.152. The molecule has 1 aromatic heterocycles. The number of methoxy groups -OCH3 is 1. The SMILES string of the molecule is CCOC(=O)NCc1sc(C)nc1-c1ccc(OC)c(Cl)c1. The third-order valence-corrected chi connectivity index (χ3v) is 4.16. The van der Waals surface area contributed by atoms with Crippen molar-refractivity contribution in [3.05, 3.63) is 33.1 Å². The van der Waals surface area contributed by atoms with Crippen LogP contribution in [0.4, 0.5) is 4.79 Å². The molecule has 1 heterocycles. The molecule has 1 amide bonds. The van der Waals surface area contributed by atoms with E-state index in [9.17, 15) is 4.79 Å². The van der Waals surface area contributed by atoms with Crippen LogP contribution < -0.4 is 10.1 Å². The average Bonchev–Trinajstić information content (AvgIpc) is 2.86. The van der Waals surface area contributed by atoms with Crippen molar-refractivity contribution < 1.29 is 14.3 Å². The van der Waals surface area contributed by atoms with E-state index in [4.69, 9.17) is 21.1 Å². The van der Waals surface area contributed by atoms with Crippen molar-refractivity contribution in [3.8, 4) is 17.0 Å². The van der Waals surface area contributed by atoms with E-state index in [1.807, 2.05) is 19.1 Å². The van der Waals surface area contributed by atoms with Crippen molar-refractivity contribution in [3.63, 3.8) is 0 Å². The van der Waals surface area contributed by atoms with Crippen LogP contribution in [0.3, 0.4) is 0 Å². The van der Waals surface area contributed by atoms with Gasteiger partial charge in [-0.15, -0.1) is 11.3 Å². The molecule has 7 heteroatoms. The third-order valence-electron chi connectivity index (χ3n) is 2.90. The van der Waals surface area contributed by atoms with Crippen LogP contribution in [0.15, 0.2) is 18.2 Å². The molecule has 0 unspecified atom stereocenters. The molecule has 0 fully saturated rings. The number of amides is 1. The van der Waals surface area contributed by atoms with Crippen molar-refractivity contribution in [2.24, 2.45) is 0 Å². The first-order valence-corrected chi connectivity index (χ1v) is 7.95. The first kappa shape index (κ1) is 16.6. The van der Waals surface area contributed by atoms with Gasteiger partial charge in [0, 0.05) is 5.56 Å². The van der Waals surface area contributed by atoms with Gasteiger partial charge in [-0.05, 0) is 32.0 Å². The maximum absolute atomic E-state index is 11.4. The zero-order chi connectivity index (χ0) is 16.1. The predicted octanol–water partition coefficient (Wildman–Crippen LogP) is 4.03. The Morgan fingerprint density at radius 2 is 2.23 bits per heavy atom. The lowest BCUT2D eigenvalue weighted by Gasteiger charge is -2.07. The van der Waals surface area contributed by atoms with Crippen molar-refractivity contribution >= 4 is 29.0 Å². The van der Waals surface area contributed by atoms with Crippen molar-refractivity contribution in [1.29, 1.82) is 0 Å². The van der Waals surface area contributed by atoms with Gasteiger partial charge in [-0.3, -0.25) is 0 Å². The van der Waals surface area contributed by atoms with Crippen LogP contribution in [0.25, 0.3) is 11.3 Å². The summed E-state index contributed by atoms with van der Waals surface area (Å²) in [5.74, 6) is 0.614. The molecular formula is C15H17ClN2O3S. The molecule has 0 atom stereocenters. The highest BCUT2D eigenvalue weighted by molar-refractivity contribution is 7.12. The highest BCUT2D eigenvalue weighted by Crippen LogP contribution is 2.33. The first-order chi connectivity index (χ1) is 10.5. The molecule has 2 aromatic rings. The number of carbonyl (C=O) groups is 1. The molecule has 0 radical (unpaired) electrons. The number of rotatable bonds is 5. The Morgan fingerprint density at radius 1 is 1.45 bits per heavy atom. The van der Waals surface area contributed by atoms with Crippen LogP contribution >= 0.6 is 22.9 Å². The van der Waals surface area contributed by atoms with Gasteiger partial charge in [-0.1, -0.05) is 11.6 Å². The lowest BCUT2D eigenvalue weighted by Crippen LogP contribution is -2.23. The molecule has 0 saturated carbocycles. The second-order valence-electron chi connectivity index (χ2n) is 4.43. The van der Waals surface area contributed by atoms with Crippen molar-refractivity contribution in [2.45, 2.75) is 20.4 Å². The average molecular weight is 341 g/mol. The Balaban J connectivity index is 2.24. The molecule has 0 aliphatic rings. The summed E-state index contributed by atoms with van der Waals surface area (Å²) >= 11 is 7.70. The van der Waals surface area contributed by atoms with E-state index in [2.05, 4.69) is 10.3 Å². The van der Waals surface area contributed by atoms with E-state index >= 15 is 0 Å². The zero-order valence-electron chi connectivity index (χ0n) is 12.6. The highest BCUT2D eigenvalue weighted by Gasteiger charge is 2.14. The summed E-state index contributed by atoms with van der Waals surface area (Å²) in [7, 11) is 1.57. The lowest BCUT2D eigenvalue weighted by atomic mass is 10.1. The van der Waals surface area contributed by atoms with Gasteiger partial charge in [0.25, 0.3) is 0 Å². The minimum atomic E-state index is -0.438.